The van der Waals surface area contributed by atoms with E-state index in [4.69, 9.17) is 14.2 Å². The molecule has 1 unspecified atom stereocenters. The molecule has 1 aliphatic rings. The first-order valence-electron chi connectivity index (χ1n) is 10.5. The second-order valence-electron chi connectivity index (χ2n) is 7.27. The fourth-order valence-electron chi connectivity index (χ4n) is 3.44. The number of thioether (sulfide) groups is 1. The molecule has 2 aromatic carbocycles. The number of phenolic OH excluding ortho intramolecular Hbond substituents is 1. The number of unbranched alkanes of at least 4 members (excludes halogenated alkanes) is 2. The van der Waals surface area contributed by atoms with Gasteiger partial charge in [-0.25, -0.2) is 0 Å². The highest BCUT2D eigenvalue weighted by Gasteiger charge is 2.27. The van der Waals surface area contributed by atoms with Gasteiger partial charge in [0.2, 0.25) is 16.8 Å². The Bertz CT molecular complexity index is 1070. The van der Waals surface area contributed by atoms with Crippen LogP contribution in [0.3, 0.4) is 0 Å². The Morgan fingerprint density at radius 2 is 1.84 bits per heavy atom. The Hall–Kier alpha value is -3.20. The predicted molar refractivity (Wildman–Crippen MR) is 124 cm³/mol. The summed E-state index contributed by atoms with van der Waals surface area (Å²) < 4.78 is 16.9. The number of ether oxygens (including phenoxy) is 3. The van der Waals surface area contributed by atoms with Crippen LogP contribution in [0.4, 0.5) is 5.69 Å². The Kier molecular flexibility index (Phi) is 6.84. The second kappa shape index (κ2) is 9.95. The maximum atomic E-state index is 10.3. The molecule has 168 valence electrons. The molecule has 1 aromatic heterocycles. The lowest BCUT2D eigenvalue weighted by Crippen LogP contribution is -2.17. The molecule has 32 heavy (non-hydrogen) atoms. The first-order chi connectivity index (χ1) is 15.6. The summed E-state index contributed by atoms with van der Waals surface area (Å²) in [5.74, 6) is 1.83. The van der Waals surface area contributed by atoms with Crippen molar-refractivity contribution < 1.29 is 19.3 Å². The summed E-state index contributed by atoms with van der Waals surface area (Å²) in [5.41, 5.74) is 2.97. The van der Waals surface area contributed by atoms with Crippen LogP contribution in [-0.2, 0) is 0 Å². The van der Waals surface area contributed by atoms with E-state index in [1.54, 1.807) is 23.9 Å². The summed E-state index contributed by atoms with van der Waals surface area (Å²) in [4.78, 5) is 4.66. The van der Waals surface area contributed by atoms with E-state index in [9.17, 15) is 5.11 Å². The van der Waals surface area contributed by atoms with Crippen LogP contribution in [0.1, 0.15) is 38.0 Å². The van der Waals surface area contributed by atoms with Crippen LogP contribution in [0.15, 0.2) is 41.6 Å². The molecule has 3 aromatic rings. The number of anilines is 1. The number of aromatic hydroxyl groups is 1. The van der Waals surface area contributed by atoms with Crippen molar-refractivity contribution in [1.82, 2.24) is 15.2 Å². The predicted octanol–water partition coefficient (Wildman–Crippen LogP) is 5.05. The third-order valence-corrected chi connectivity index (χ3v) is 6.04. The van der Waals surface area contributed by atoms with Crippen LogP contribution in [0.25, 0.3) is 11.3 Å². The lowest BCUT2D eigenvalue weighted by molar-refractivity contribution is 0.223. The van der Waals surface area contributed by atoms with Crippen molar-refractivity contribution in [3.05, 3.63) is 42.0 Å². The highest BCUT2D eigenvalue weighted by Crippen LogP contribution is 2.43. The number of rotatable bonds is 8. The normalized spacial score (nSPS) is 14.4. The highest BCUT2D eigenvalue weighted by atomic mass is 32.2. The van der Waals surface area contributed by atoms with Gasteiger partial charge in [0.1, 0.15) is 0 Å². The number of benzene rings is 2. The van der Waals surface area contributed by atoms with Crippen molar-refractivity contribution >= 4 is 17.4 Å². The van der Waals surface area contributed by atoms with E-state index in [1.165, 1.54) is 20.6 Å². The highest BCUT2D eigenvalue weighted by molar-refractivity contribution is 7.99. The van der Waals surface area contributed by atoms with Gasteiger partial charge in [-0.2, -0.15) is 4.98 Å². The van der Waals surface area contributed by atoms with Gasteiger partial charge in [0, 0.05) is 22.6 Å². The molecule has 0 saturated carbocycles. The van der Waals surface area contributed by atoms with Crippen molar-refractivity contribution in [2.24, 2.45) is 0 Å². The van der Waals surface area contributed by atoms with Crippen molar-refractivity contribution in [3.8, 4) is 34.4 Å². The molecule has 2 heterocycles. The minimum Gasteiger partial charge on any atom is -0.502 e. The first kappa shape index (κ1) is 22.0. The lowest BCUT2D eigenvalue weighted by atomic mass is 10.1. The Labute approximate surface area is 191 Å². The Morgan fingerprint density at radius 3 is 2.56 bits per heavy atom. The van der Waals surface area contributed by atoms with Crippen molar-refractivity contribution in [2.45, 2.75) is 37.6 Å². The van der Waals surface area contributed by atoms with Gasteiger partial charge in [0.05, 0.1) is 14.2 Å². The standard InChI is InChI=1S/C23H26N4O4S/c1-4-5-8-11-32-23-25-22-19(26-27-23)15-9-6-7-10-16(15)24-21(31-22)14-12-17(29-2)20(28)18(13-14)30-3/h6-7,9-10,12-13,21,24,28H,4-5,8,11H2,1-3H3. The maximum Gasteiger partial charge on any atom is 0.247 e. The molecule has 1 atom stereocenters. The second-order valence-corrected chi connectivity index (χ2v) is 8.33. The third-order valence-electron chi connectivity index (χ3n) is 5.12. The number of hydrogen-bond donors (Lipinski definition) is 2. The van der Waals surface area contributed by atoms with Crippen LogP contribution < -0.4 is 19.5 Å². The number of aromatic nitrogens is 3. The molecule has 0 saturated heterocycles. The summed E-state index contributed by atoms with van der Waals surface area (Å²) in [6.07, 6.45) is 2.82. The van der Waals surface area contributed by atoms with Crippen LogP contribution >= 0.6 is 11.8 Å². The lowest BCUT2D eigenvalue weighted by Gasteiger charge is -2.21. The number of phenols is 1. The van der Waals surface area contributed by atoms with Gasteiger partial charge in [0.15, 0.2) is 23.4 Å². The number of methoxy groups -OCH3 is 2. The molecule has 1 aliphatic heterocycles. The van der Waals surface area contributed by atoms with Gasteiger partial charge in [-0.05, 0) is 24.6 Å². The van der Waals surface area contributed by atoms with E-state index in [0.717, 1.165) is 29.8 Å². The fourth-order valence-corrected chi connectivity index (χ4v) is 4.22. The van der Waals surface area contributed by atoms with E-state index >= 15 is 0 Å². The Morgan fingerprint density at radius 1 is 1.09 bits per heavy atom. The van der Waals surface area contributed by atoms with E-state index in [2.05, 4.69) is 27.4 Å². The van der Waals surface area contributed by atoms with Crippen molar-refractivity contribution in [1.29, 1.82) is 0 Å². The van der Waals surface area contributed by atoms with Crippen LogP contribution in [0.5, 0.6) is 23.1 Å². The van der Waals surface area contributed by atoms with Crippen LogP contribution in [0, 0.1) is 0 Å². The molecule has 2 N–H and O–H groups in total. The van der Waals surface area contributed by atoms with Gasteiger partial charge in [-0.1, -0.05) is 49.7 Å². The zero-order valence-corrected chi connectivity index (χ0v) is 19.1. The minimum absolute atomic E-state index is 0.0667. The number of nitrogens with one attached hydrogen (secondary N) is 1. The molecule has 0 aliphatic carbocycles. The number of nitrogens with zero attached hydrogens (tertiary/aromatic N) is 3. The van der Waals surface area contributed by atoms with Crippen molar-refractivity contribution in [2.75, 3.05) is 25.3 Å². The monoisotopic (exact) mass is 454 g/mol. The van der Waals surface area contributed by atoms with E-state index in [0.29, 0.717) is 22.3 Å². The summed E-state index contributed by atoms with van der Waals surface area (Å²) >= 11 is 1.57. The largest absolute Gasteiger partial charge is 0.502 e. The fraction of sp³-hybridized carbons (Fsp3) is 0.348. The quantitative estimate of drug-likeness (QED) is 0.358. The Balaban J connectivity index is 1.73. The molecular formula is C23H26N4O4S. The topological polar surface area (TPSA) is 98.6 Å². The van der Waals surface area contributed by atoms with Gasteiger partial charge in [-0.3, -0.25) is 0 Å². The molecule has 0 radical (unpaired) electrons. The summed E-state index contributed by atoms with van der Waals surface area (Å²) in [7, 11) is 2.98. The van der Waals surface area contributed by atoms with Crippen LogP contribution in [0.2, 0.25) is 0 Å². The molecule has 0 bridgehead atoms. The number of hydrogen-bond acceptors (Lipinski definition) is 9. The minimum atomic E-state index is -0.615. The summed E-state index contributed by atoms with van der Waals surface area (Å²) in [6.45, 7) is 2.18. The molecule has 9 heteroatoms. The van der Waals surface area contributed by atoms with E-state index in [1.807, 2.05) is 24.3 Å². The SMILES string of the molecule is CCCCCSc1nnc2c(n1)OC(c1cc(OC)c(O)c(OC)c1)Nc1ccccc1-2. The molecule has 4 rings (SSSR count). The molecular weight excluding hydrogens is 428 g/mol. The molecule has 8 nitrogen and oxygen atoms in total. The van der Waals surface area contributed by atoms with Gasteiger partial charge in [-0.15, -0.1) is 10.2 Å². The van der Waals surface area contributed by atoms with Gasteiger partial charge in [0.25, 0.3) is 0 Å². The zero-order valence-electron chi connectivity index (χ0n) is 18.3. The van der Waals surface area contributed by atoms with Gasteiger partial charge >= 0.3 is 0 Å². The first-order valence-corrected chi connectivity index (χ1v) is 11.5. The van der Waals surface area contributed by atoms with Crippen molar-refractivity contribution in [3.63, 3.8) is 0 Å². The zero-order chi connectivity index (χ0) is 22.5. The number of fused-ring (bicyclic) bond motifs is 3. The summed E-state index contributed by atoms with van der Waals surface area (Å²) in [6, 6.07) is 11.2. The smallest absolute Gasteiger partial charge is 0.247 e. The van der Waals surface area contributed by atoms with Gasteiger partial charge < -0.3 is 24.6 Å². The number of para-hydroxylation sites is 1. The summed E-state index contributed by atoms with van der Waals surface area (Å²) in [5, 5.41) is 23.0. The van der Waals surface area contributed by atoms with Crippen LogP contribution in [-0.4, -0.2) is 40.3 Å². The van der Waals surface area contributed by atoms with E-state index < -0.39 is 6.23 Å². The molecule has 0 fully saturated rings. The average Bonchev–Trinajstić information content (AvgIpc) is 2.98. The molecule has 0 amide bonds. The van der Waals surface area contributed by atoms with E-state index in [-0.39, 0.29) is 17.2 Å². The third kappa shape index (κ3) is 4.52. The average molecular weight is 455 g/mol. The molecule has 0 spiro atoms. The maximum absolute atomic E-state index is 10.3.